The van der Waals surface area contributed by atoms with Crippen LogP contribution < -0.4 is 0 Å². The van der Waals surface area contributed by atoms with Gasteiger partial charge in [-0.25, -0.2) is 9.67 Å². The Morgan fingerprint density at radius 2 is 2.00 bits per heavy atom. The predicted molar refractivity (Wildman–Crippen MR) is 51.5 cm³/mol. The van der Waals surface area contributed by atoms with E-state index < -0.39 is 5.24 Å². The Hall–Kier alpha value is -1.68. The van der Waals surface area contributed by atoms with Crippen LogP contribution in [0, 0.1) is 0 Å². The van der Waals surface area contributed by atoms with Crippen LogP contribution in [0.3, 0.4) is 0 Å². The zero-order valence-electron chi connectivity index (χ0n) is 7.09. The van der Waals surface area contributed by atoms with Crippen molar-refractivity contribution in [3.8, 4) is 5.69 Å². The summed E-state index contributed by atoms with van der Waals surface area (Å²) < 4.78 is 1.60. The molecule has 0 saturated heterocycles. The summed E-state index contributed by atoms with van der Waals surface area (Å²) in [4.78, 5) is 14.6. The lowest BCUT2D eigenvalue weighted by Gasteiger charge is -1.99. The Morgan fingerprint density at radius 1 is 1.29 bits per heavy atom. The standard InChI is InChI=1S/C9H6ClN3O/c10-9(14)7-1-3-8(4-2-7)13-6-11-5-12-13/h1-6H. The number of nitrogens with zero attached hydrogens (tertiary/aromatic N) is 3. The molecule has 0 atom stereocenters. The maximum Gasteiger partial charge on any atom is 0.252 e. The van der Waals surface area contributed by atoms with Crippen LogP contribution in [0.25, 0.3) is 5.69 Å². The van der Waals surface area contributed by atoms with E-state index in [1.165, 1.54) is 6.33 Å². The van der Waals surface area contributed by atoms with Crippen LogP contribution in [0.2, 0.25) is 0 Å². The summed E-state index contributed by atoms with van der Waals surface area (Å²) in [7, 11) is 0. The van der Waals surface area contributed by atoms with E-state index in [9.17, 15) is 4.79 Å². The van der Waals surface area contributed by atoms with Crippen LogP contribution >= 0.6 is 11.6 Å². The quantitative estimate of drug-likeness (QED) is 0.704. The molecule has 0 aliphatic heterocycles. The molecule has 1 heterocycles. The second kappa shape index (κ2) is 3.59. The summed E-state index contributed by atoms with van der Waals surface area (Å²) in [5.74, 6) is 0. The molecule has 1 aromatic carbocycles. The van der Waals surface area contributed by atoms with Gasteiger partial charge in [0.2, 0.25) is 0 Å². The van der Waals surface area contributed by atoms with E-state index in [0.29, 0.717) is 5.56 Å². The summed E-state index contributed by atoms with van der Waals surface area (Å²) in [6, 6.07) is 6.80. The molecule has 2 aromatic rings. The molecule has 4 nitrogen and oxygen atoms in total. The predicted octanol–water partition coefficient (Wildman–Crippen LogP) is 1.65. The molecule has 0 aliphatic rings. The van der Waals surface area contributed by atoms with Crippen LogP contribution in [0.5, 0.6) is 0 Å². The van der Waals surface area contributed by atoms with Crippen molar-refractivity contribution in [3.63, 3.8) is 0 Å². The fourth-order valence-corrected chi connectivity index (χ4v) is 1.21. The van der Waals surface area contributed by atoms with Gasteiger partial charge in [0.1, 0.15) is 12.7 Å². The molecule has 0 spiro atoms. The maximum absolute atomic E-state index is 10.8. The van der Waals surface area contributed by atoms with E-state index in [1.54, 1.807) is 35.3 Å². The van der Waals surface area contributed by atoms with Crippen LogP contribution in [0.4, 0.5) is 0 Å². The fraction of sp³-hybridized carbons (Fsp3) is 0. The number of carbonyl (C=O) groups excluding carboxylic acids is 1. The van der Waals surface area contributed by atoms with E-state index in [2.05, 4.69) is 10.1 Å². The molecule has 0 radical (unpaired) electrons. The van der Waals surface area contributed by atoms with Crippen molar-refractivity contribution in [1.29, 1.82) is 0 Å². The number of carbonyl (C=O) groups is 1. The third-order valence-corrected chi connectivity index (χ3v) is 2.00. The van der Waals surface area contributed by atoms with Crippen molar-refractivity contribution in [2.24, 2.45) is 0 Å². The molecule has 14 heavy (non-hydrogen) atoms. The SMILES string of the molecule is O=C(Cl)c1ccc(-n2cncn2)cc1. The largest absolute Gasteiger partial charge is 0.276 e. The molecular weight excluding hydrogens is 202 g/mol. The smallest absolute Gasteiger partial charge is 0.252 e. The molecule has 0 bridgehead atoms. The summed E-state index contributed by atoms with van der Waals surface area (Å²) in [6.45, 7) is 0. The first-order valence-electron chi connectivity index (χ1n) is 3.92. The number of rotatable bonds is 2. The van der Waals surface area contributed by atoms with E-state index >= 15 is 0 Å². The van der Waals surface area contributed by atoms with Gasteiger partial charge < -0.3 is 0 Å². The summed E-state index contributed by atoms with van der Waals surface area (Å²) in [5.41, 5.74) is 1.31. The van der Waals surface area contributed by atoms with Crippen molar-refractivity contribution >= 4 is 16.8 Å². The van der Waals surface area contributed by atoms with Gasteiger partial charge in [0, 0.05) is 5.56 Å². The zero-order chi connectivity index (χ0) is 9.97. The highest BCUT2D eigenvalue weighted by atomic mass is 35.5. The van der Waals surface area contributed by atoms with Gasteiger partial charge in [0.05, 0.1) is 5.69 Å². The molecule has 1 aromatic heterocycles. The first kappa shape index (κ1) is 8.90. The van der Waals surface area contributed by atoms with Crippen molar-refractivity contribution in [2.75, 3.05) is 0 Å². The van der Waals surface area contributed by atoms with Gasteiger partial charge in [0.15, 0.2) is 0 Å². The minimum absolute atomic E-state index is 0.463. The average Bonchev–Trinajstić information content (AvgIpc) is 2.71. The van der Waals surface area contributed by atoms with Crippen LogP contribution in [-0.4, -0.2) is 20.0 Å². The number of halogens is 1. The van der Waals surface area contributed by atoms with Gasteiger partial charge in [-0.2, -0.15) is 5.10 Å². The number of hydrogen-bond donors (Lipinski definition) is 0. The Balaban J connectivity index is 2.36. The Labute approximate surface area is 85.1 Å². The minimum Gasteiger partial charge on any atom is -0.276 e. The van der Waals surface area contributed by atoms with Gasteiger partial charge in [-0.3, -0.25) is 4.79 Å². The van der Waals surface area contributed by atoms with Gasteiger partial charge in [-0.15, -0.1) is 0 Å². The number of benzene rings is 1. The first-order valence-corrected chi connectivity index (χ1v) is 4.30. The van der Waals surface area contributed by atoms with Crippen molar-refractivity contribution in [1.82, 2.24) is 14.8 Å². The second-order valence-electron chi connectivity index (χ2n) is 2.66. The molecule has 0 unspecified atom stereocenters. The Morgan fingerprint density at radius 3 is 2.50 bits per heavy atom. The monoisotopic (exact) mass is 207 g/mol. The van der Waals surface area contributed by atoms with Gasteiger partial charge in [0.25, 0.3) is 5.24 Å². The molecule has 2 rings (SSSR count). The first-order chi connectivity index (χ1) is 6.77. The normalized spacial score (nSPS) is 10.1. The Bertz CT molecular complexity index is 436. The number of aromatic nitrogens is 3. The molecule has 70 valence electrons. The lowest BCUT2D eigenvalue weighted by molar-refractivity contribution is 0.108. The molecule has 0 aliphatic carbocycles. The third kappa shape index (κ3) is 1.65. The van der Waals surface area contributed by atoms with Crippen molar-refractivity contribution in [2.45, 2.75) is 0 Å². The minimum atomic E-state index is -0.463. The second-order valence-corrected chi connectivity index (χ2v) is 3.00. The number of hydrogen-bond acceptors (Lipinski definition) is 3. The fourth-order valence-electron chi connectivity index (χ4n) is 1.09. The third-order valence-electron chi connectivity index (χ3n) is 1.78. The van der Waals surface area contributed by atoms with Crippen LogP contribution in [0.1, 0.15) is 10.4 Å². The maximum atomic E-state index is 10.8. The van der Waals surface area contributed by atoms with Crippen molar-refractivity contribution in [3.05, 3.63) is 42.5 Å². The molecule has 0 fully saturated rings. The summed E-state index contributed by atoms with van der Waals surface area (Å²) >= 11 is 5.31. The van der Waals surface area contributed by atoms with Gasteiger partial charge >= 0.3 is 0 Å². The lowest BCUT2D eigenvalue weighted by Crippen LogP contribution is -1.95. The molecule has 0 saturated carbocycles. The van der Waals surface area contributed by atoms with Gasteiger partial charge in [-0.05, 0) is 35.9 Å². The molecule has 0 N–H and O–H groups in total. The summed E-state index contributed by atoms with van der Waals surface area (Å²) in [5, 5.41) is 3.49. The average molecular weight is 208 g/mol. The summed E-state index contributed by atoms with van der Waals surface area (Å²) in [6.07, 6.45) is 3.03. The van der Waals surface area contributed by atoms with E-state index in [1.807, 2.05) is 0 Å². The molecule has 0 amide bonds. The molecular formula is C9H6ClN3O. The molecule has 5 heteroatoms. The highest BCUT2D eigenvalue weighted by molar-refractivity contribution is 6.67. The van der Waals surface area contributed by atoms with Gasteiger partial charge in [-0.1, -0.05) is 0 Å². The van der Waals surface area contributed by atoms with Crippen LogP contribution in [0.15, 0.2) is 36.9 Å². The highest BCUT2D eigenvalue weighted by Crippen LogP contribution is 2.09. The zero-order valence-corrected chi connectivity index (χ0v) is 7.85. The Kier molecular flexibility index (Phi) is 2.28. The topological polar surface area (TPSA) is 47.8 Å². The van der Waals surface area contributed by atoms with E-state index in [4.69, 9.17) is 11.6 Å². The highest BCUT2D eigenvalue weighted by Gasteiger charge is 2.01. The van der Waals surface area contributed by atoms with E-state index in [-0.39, 0.29) is 0 Å². The lowest BCUT2D eigenvalue weighted by atomic mass is 10.2. The van der Waals surface area contributed by atoms with E-state index in [0.717, 1.165) is 5.69 Å². The van der Waals surface area contributed by atoms with Crippen LogP contribution in [-0.2, 0) is 0 Å². The van der Waals surface area contributed by atoms with Crippen molar-refractivity contribution < 1.29 is 4.79 Å².